The van der Waals surface area contributed by atoms with Crippen molar-refractivity contribution in [2.45, 2.75) is 26.7 Å². The first-order valence-electron chi connectivity index (χ1n) is 4.58. The summed E-state index contributed by atoms with van der Waals surface area (Å²) in [6.45, 7) is 4.26. The monoisotopic (exact) mass is 160 g/mol. The van der Waals surface area contributed by atoms with Crippen molar-refractivity contribution in [3.05, 3.63) is 41.5 Å². The van der Waals surface area contributed by atoms with E-state index < -0.39 is 0 Å². The molecule has 0 atom stereocenters. The van der Waals surface area contributed by atoms with Crippen molar-refractivity contribution in [1.29, 1.82) is 0 Å². The second-order valence-electron chi connectivity index (χ2n) is 3.00. The van der Waals surface area contributed by atoms with Gasteiger partial charge in [0.25, 0.3) is 0 Å². The normalized spacial score (nSPS) is 10.8. The van der Waals surface area contributed by atoms with Gasteiger partial charge in [0.1, 0.15) is 0 Å². The Hall–Kier alpha value is -1.04. The summed E-state index contributed by atoms with van der Waals surface area (Å²) in [5.41, 5.74) is 2.75. The van der Waals surface area contributed by atoms with E-state index in [1.165, 1.54) is 24.0 Å². The summed E-state index contributed by atoms with van der Waals surface area (Å²) in [6, 6.07) is 8.71. The van der Waals surface area contributed by atoms with Crippen LogP contribution in [0.15, 0.2) is 30.3 Å². The molecule has 0 unspecified atom stereocenters. The van der Waals surface area contributed by atoms with Crippen molar-refractivity contribution >= 4 is 6.08 Å². The highest BCUT2D eigenvalue weighted by Crippen LogP contribution is 2.08. The average molecular weight is 160 g/mol. The second-order valence-corrected chi connectivity index (χ2v) is 3.00. The number of rotatable bonds is 3. The van der Waals surface area contributed by atoms with Crippen LogP contribution >= 0.6 is 0 Å². The Morgan fingerprint density at radius 1 is 1.33 bits per heavy atom. The first-order valence-corrected chi connectivity index (χ1v) is 4.58. The molecule has 1 aromatic rings. The van der Waals surface area contributed by atoms with Crippen LogP contribution in [-0.2, 0) is 6.42 Å². The lowest BCUT2D eigenvalue weighted by Crippen LogP contribution is -1.82. The largest absolute Gasteiger partial charge is 0.0871 e. The Kier molecular flexibility index (Phi) is 3.59. The lowest BCUT2D eigenvalue weighted by atomic mass is 10.1. The molecule has 0 heteroatoms. The maximum atomic E-state index is 2.25. The van der Waals surface area contributed by atoms with Crippen LogP contribution in [0, 0.1) is 0 Å². The molecule has 0 aliphatic rings. The zero-order valence-electron chi connectivity index (χ0n) is 7.88. The van der Waals surface area contributed by atoms with E-state index in [4.69, 9.17) is 0 Å². The van der Waals surface area contributed by atoms with Crippen molar-refractivity contribution in [1.82, 2.24) is 0 Å². The van der Waals surface area contributed by atoms with Gasteiger partial charge in [0.05, 0.1) is 0 Å². The highest BCUT2D eigenvalue weighted by molar-refractivity contribution is 5.49. The predicted octanol–water partition coefficient (Wildman–Crippen LogP) is 3.67. The summed E-state index contributed by atoms with van der Waals surface area (Å²) in [5, 5.41) is 0. The molecule has 0 aliphatic heterocycles. The first-order chi connectivity index (χ1) is 5.86. The summed E-state index contributed by atoms with van der Waals surface area (Å²) >= 11 is 0. The molecule has 0 N–H and O–H groups in total. The van der Waals surface area contributed by atoms with Gasteiger partial charge in [0, 0.05) is 0 Å². The third kappa shape index (κ3) is 2.54. The Balaban J connectivity index is 2.80. The quantitative estimate of drug-likeness (QED) is 0.633. The van der Waals surface area contributed by atoms with Crippen molar-refractivity contribution in [3.8, 4) is 0 Å². The Morgan fingerprint density at radius 3 is 2.83 bits per heavy atom. The summed E-state index contributed by atoms with van der Waals surface area (Å²) in [7, 11) is 0. The van der Waals surface area contributed by atoms with Crippen LogP contribution in [0.25, 0.3) is 6.08 Å². The molecule has 0 saturated heterocycles. The predicted molar refractivity (Wildman–Crippen MR) is 55.1 cm³/mol. The van der Waals surface area contributed by atoms with Gasteiger partial charge in [-0.3, -0.25) is 0 Å². The fourth-order valence-electron chi connectivity index (χ4n) is 1.33. The van der Waals surface area contributed by atoms with Gasteiger partial charge < -0.3 is 0 Å². The number of benzene rings is 1. The molecule has 0 aromatic heterocycles. The van der Waals surface area contributed by atoms with Gasteiger partial charge in [0.2, 0.25) is 0 Å². The van der Waals surface area contributed by atoms with Crippen LogP contribution in [0.3, 0.4) is 0 Å². The molecule has 0 spiro atoms. The van der Waals surface area contributed by atoms with E-state index in [1.807, 2.05) is 6.92 Å². The first kappa shape index (κ1) is 9.05. The minimum absolute atomic E-state index is 1.19. The molecule has 0 bridgehead atoms. The van der Waals surface area contributed by atoms with Gasteiger partial charge in [-0.25, -0.2) is 0 Å². The summed E-state index contributed by atoms with van der Waals surface area (Å²) in [4.78, 5) is 0. The SMILES string of the molecule is C/C=C/c1cccc(CCC)c1. The van der Waals surface area contributed by atoms with Crippen LogP contribution in [-0.4, -0.2) is 0 Å². The zero-order chi connectivity index (χ0) is 8.81. The standard InChI is InChI=1S/C12H16/c1-3-6-11-8-5-9-12(10-11)7-4-2/h3,5-6,8-10H,4,7H2,1-2H3/b6-3+. The molecule has 0 heterocycles. The van der Waals surface area contributed by atoms with Crippen molar-refractivity contribution in [2.24, 2.45) is 0 Å². The molecule has 0 saturated carbocycles. The van der Waals surface area contributed by atoms with E-state index in [2.05, 4.69) is 43.3 Å². The van der Waals surface area contributed by atoms with Gasteiger partial charge in [0.15, 0.2) is 0 Å². The van der Waals surface area contributed by atoms with E-state index in [0.29, 0.717) is 0 Å². The van der Waals surface area contributed by atoms with Gasteiger partial charge in [-0.1, -0.05) is 49.8 Å². The molecular formula is C12H16. The average Bonchev–Trinajstić information content (AvgIpc) is 2.06. The smallest absolute Gasteiger partial charge is 0.0257 e. The summed E-state index contributed by atoms with van der Waals surface area (Å²) in [5.74, 6) is 0. The minimum Gasteiger partial charge on any atom is -0.0871 e. The molecule has 0 aliphatic carbocycles. The van der Waals surface area contributed by atoms with Crippen LogP contribution in [0.5, 0.6) is 0 Å². The second kappa shape index (κ2) is 4.76. The Morgan fingerprint density at radius 2 is 2.17 bits per heavy atom. The van der Waals surface area contributed by atoms with Crippen LogP contribution < -0.4 is 0 Å². The molecule has 1 rings (SSSR count). The van der Waals surface area contributed by atoms with E-state index in [1.54, 1.807) is 0 Å². The number of allylic oxidation sites excluding steroid dienone is 1. The molecule has 0 fully saturated rings. The zero-order valence-corrected chi connectivity index (χ0v) is 7.88. The molecule has 12 heavy (non-hydrogen) atoms. The molecular weight excluding hydrogens is 144 g/mol. The molecule has 0 radical (unpaired) electrons. The van der Waals surface area contributed by atoms with Gasteiger partial charge in [-0.15, -0.1) is 0 Å². The topological polar surface area (TPSA) is 0 Å². The number of aryl methyl sites for hydroxylation is 1. The highest BCUT2D eigenvalue weighted by Gasteiger charge is 1.90. The fraction of sp³-hybridized carbons (Fsp3) is 0.333. The van der Waals surface area contributed by atoms with Gasteiger partial charge in [-0.05, 0) is 24.5 Å². The lowest BCUT2D eigenvalue weighted by Gasteiger charge is -1.99. The Bertz CT molecular complexity index is 258. The number of hydrogen-bond acceptors (Lipinski definition) is 0. The van der Waals surface area contributed by atoms with E-state index >= 15 is 0 Å². The molecule has 0 amide bonds. The van der Waals surface area contributed by atoms with Crippen molar-refractivity contribution in [3.63, 3.8) is 0 Å². The van der Waals surface area contributed by atoms with Crippen molar-refractivity contribution in [2.75, 3.05) is 0 Å². The van der Waals surface area contributed by atoms with Crippen molar-refractivity contribution < 1.29 is 0 Å². The van der Waals surface area contributed by atoms with E-state index in [-0.39, 0.29) is 0 Å². The van der Waals surface area contributed by atoms with Crippen LogP contribution in [0.2, 0.25) is 0 Å². The lowest BCUT2D eigenvalue weighted by molar-refractivity contribution is 0.921. The summed E-state index contributed by atoms with van der Waals surface area (Å²) in [6.07, 6.45) is 6.62. The number of hydrogen-bond donors (Lipinski definition) is 0. The minimum atomic E-state index is 1.19. The maximum absolute atomic E-state index is 2.25. The van der Waals surface area contributed by atoms with E-state index in [0.717, 1.165) is 0 Å². The molecule has 1 aromatic carbocycles. The third-order valence-electron chi connectivity index (χ3n) is 1.85. The van der Waals surface area contributed by atoms with E-state index in [9.17, 15) is 0 Å². The van der Waals surface area contributed by atoms with Crippen LogP contribution in [0.1, 0.15) is 31.4 Å². The van der Waals surface area contributed by atoms with Gasteiger partial charge in [-0.2, -0.15) is 0 Å². The maximum Gasteiger partial charge on any atom is -0.0257 e. The highest BCUT2D eigenvalue weighted by atomic mass is 14.0. The summed E-state index contributed by atoms with van der Waals surface area (Å²) < 4.78 is 0. The Labute approximate surface area is 74.9 Å². The fourth-order valence-corrected chi connectivity index (χ4v) is 1.33. The van der Waals surface area contributed by atoms with Crippen LogP contribution in [0.4, 0.5) is 0 Å². The molecule has 64 valence electrons. The third-order valence-corrected chi connectivity index (χ3v) is 1.85. The molecule has 0 nitrogen and oxygen atoms in total. The van der Waals surface area contributed by atoms with Gasteiger partial charge >= 0.3 is 0 Å².